The zero-order chi connectivity index (χ0) is 20.4. The van der Waals surface area contributed by atoms with Crippen LogP contribution in [0.25, 0.3) is 0 Å². The first kappa shape index (κ1) is 20.9. The van der Waals surface area contributed by atoms with Gasteiger partial charge in [0.05, 0.1) is 18.0 Å². The quantitative estimate of drug-likeness (QED) is 0.819. The standard InChI is InChI=1S/C20H25FN2O3S/c1-13-10-15(3)17(11-14(13)2)16(4)22-20(24)12-23(27(5,25)26)19-9-7-6-8-18(19)21/h6-11,16H,12H2,1-5H3,(H,22,24). The molecule has 0 saturated carbocycles. The molecule has 0 radical (unpaired) electrons. The van der Waals surface area contributed by atoms with Crippen LogP contribution in [0.2, 0.25) is 0 Å². The van der Waals surface area contributed by atoms with E-state index in [9.17, 15) is 17.6 Å². The largest absolute Gasteiger partial charge is 0.348 e. The van der Waals surface area contributed by atoms with Gasteiger partial charge in [-0.25, -0.2) is 12.8 Å². The van der Waals surface area contributed by atoms with Crippen molar-refractivity contribution < 1.29 is 17.6 Å². The van der Waals surface area contributed by atoms with Crippen molar-refractivity contribution in [1.82, 2.24) is 5.32 Å². The van der Waals surface area contributed by atoms with Gasteiger partial charge in [0.1, 0.15) is 12.4 Å². The van der Waals surface area contributed by atoms with Crippen molar-refractivity contribution in [3.63, 3.8) is 0 Å². The lowest BCUT2D eigenvalue weighted by Crippen LogP contribution is -2.41. The summed E-state index contributed by atoms with van der Waals surface area (Å²) >= 11 is 0. The highest BCUT2D eigenvalue weighted by Gasteiger charge is 2.24. The average molecular weight is 392 g/mol. The van der Waals surface area contributed by atoms with Crippen LogP contribution in [0, 0.1) is 26.6 Å². The van der Waals surface area contributed by atoms with Gasteiger partial charge in [-0.2, -0.15) is 0 Å². The summed E-state index contributed by atoms with van der Waals surface area (Å²) in [6.07, 6.45) is 0.948. The monoisotopic (exact) mass is 392 g/mol. The number of nitrogens with zero attached hydrogens (tertiary/aromatic N) is 1. The first-order chi connectivity index (χ1) is 12.5. The number of amides is 1. The van der Waals surface area contributed by atoms with Gasteiger partial charge < -0.3 is 5.32 Å². The van der Waals surface area contributed by atoms with Crippen LogP contribution < -0.4 is 9.62 Å². The summed E-state index contributed by atoms with van der Waals surface area (Å²) in [5.74, 6) is -1.21. The molecule has 2 rings (SSSR count). The van der Waals surface area contributed by atoms with Crippen LogP contribution >= 0.6 is 0 Å². The Morgan fingerprint density at radius 3 is 2.30 bits per heavy atom. The van der Waals surface area contributed by atoms with E-state index in [0.717, 1.165) is 38.9 Å². The molecule has 0 aromatic heterocycles. The van der Waals surface area contributed by atoms with Crippen molar-refractivity contribution in [2.75, 3.05) is 17.1 Å². The van der Waals surface area contributed by atoms with Crippen molar-refractivity contribution in [2.45, 2.75) is 33.7 Å². The molecule has 5 nitrogen and oxygen atoms in total. The van der Waals surface area contributed by atoms with Gasteiger partial charge in [-0.15, -0.1) is 0 Å². The van der Waals surface area contributed by atoms with Gasteiger partial charge in [-0.1, -0.05) is 24.3 Å². The number of benzene rings is 2. The van der Waals surface area contributed by atoms with Crippen LogP contribution in [0.4, 0.5) is 10.1 Å². The summed E-state index contributed by atoms with van der Waals surface area (Å²) in [5.41, 5.74) is 4.13. The molecule has 0 bridgehead atoms. The van der Waals surface area contributed by atoms with Gasteiger partial charge in [0.25, 0.3) is 0 Å². The zero-order valence-electron chi connectivity index (χ0n) is 16.2. The summed E-state index contributed by atoms with van der Waals surface area (Å²) in [6, 6.07) is 9.24. The molecule has 1 N–H and O–H groups in total. The van der Waals surface area contributed by atoms with E-state index in [4.69, 9.17) is 0 Å². The van der Waals surface area contributed by atoms with Gasteiger partial charge in [0.2, 0.25) is 15.9 Å². The second-order valence-electron chi connectivity index (χ2n) is 6.80. The smallest absolute Gasteiger partial charge is 0.241 e. The fourth-order valence-corrected chi connectivity index (χ4v) is 3.84. The molecule has 7 heteroatoms. The molecule has 2 aromatic carbocycles. The maximum Gasteiger partial charge on any atom is 0.241 e. The van der Waals surface area contributed by atoms with Gasteiger partial charge in [-0.05, 0) is 62.1 Å². The van der Waals surface area contributed by atoms with E-state index in [-0.39, 0.29) is 11.7 Å². The summed E-state index contributed by atoms with van der Waals surface area (Å²) < 4.78 is 39.0. The Balaban J connectivity index is 2.22. The third kappa shape index (κ3) is 5.07. The van der Waals surface area contributed by atoms with Crippen LogP contribution in [-0.4, -0.2) is 27.1 Å². The minimum Gasteiger partial charge on any atom is -0.348 e. The average Bonchev–Trinajstić information content (AvgIpc) is 2.55. The van der Waals surface area contributed by atoms with E-state index in [2.05, 4.69) is 11.4 Å². The molecule has 1 atom stereocenters. The minimum absolute atomic E-state index is 0.148. The number of carbonyl (C=O) groups excluding carboxylic acids is 1. The molecule has 0 spiro atoms. The molecule has 0 aliphatic heterocycles. The summed E-state index contributed by atoms with van der Waals surface area (Å²) in [6.45, 7) is 7.33. The fourth-order valence-electron chi connectivity index (χ4n) is 2.98. The molecule has 0 aliphatic carbocycles. The second-order valence-corrected chi connectivity index (χ2v) is 8.71. The number of sulfonamides is 1. The Morgan fingerprint density at radius 2 is 1.70 bits per heavy atom. The Kier molecular flexibility index (Phi) is 6.26. The van der Waals surface area contributed by atoms with E-state index in [1.54, 1.807) is 0 Å². The molecule has 1 amide bonds. The SMILES string of the molecule is Cc1cc(C)c(C(C)NC(=O)CN(c2ccccc2F)S(C)(=O)=O)cc1C. The Hall–Kier alpha value is -2.41. The number of halogens is 1. The number of anilines is 1. The van der Waals surface area contributed by atoms with Gasteiger partial charge in [-0.3, -0.25) is 9.10 Å². The lowest BCUT2D eigenvalue weighted by atomic mass is 9.96. The maximum absolute atomic E-state index is 14.0. The van der Waals surface area contributed by atoms with Gasteiger partial charge in [0, 0.05) is 0 Å². The van der Waals surface area contributed by atoms with E-state index >= 15 is 0 Å². The number of aryl methyl sites for hydroxylation is 3. The topological polar surface area (TPSA) is 66.5 Å². The fraction of sp³-hybridized carbons (Fsp3) is 0.350. The highest BCUT2D eigenvalue weighted by atomic mass is 32.2. The third-order valence-electron chi connectivity index (χ3n) is 4.54. The third-order valence-corrected chi connectivity index (χ3v) is 5.66. The summed E-state index contributed by atoms with van der Waals surface area (Å²) in [7, 11) is -3.82. The van der Waals surface area contributed by atoms with E-state index in [1.165, 1.54) is 18.2 Å². The number of para-hydroxylation sites is 1. The number of nitrogens with one attached hydrogen (secondary N) is 1. The normalized spacial score (nSPS) is 12.5. The first-order valence-corrected chi connectivity index (χ1v) is 10.4. The summed E-state index contributed by atoms with van der Waals surface area (Å²) in [5, 5.41) is 2.81. The van der Waals surface area contributed by atoms with Crippen molar-refractivity contribution in [2.24, 2.45) is 0 Å². The lowest BCUT2D eigenvalue weighted by Gasteiger charge is -2.24. The molecule has 0 heterocycles. The number of hydrogen-bond acceptors (Lipinski definition) is 3. The molecule has 146 valence electrons. The predicted molar refractivity (Wildman–Crippen MR) is 106 cm³/mol. The first-order valence-electron chi connectivity index (χ1n) is 8.60. The van der Waals surface area contributed by atoms with Gasteiger partial charge in [0.15, 0.2) is 0 Å². The predicted octanol–water partition coefficient (Wildman–Crippen LogP) is 3.39. The molecule has 0 saturated heterocycles. The molecule has 27 heavy (non-hydrogen) atoms. The van der Waals surface area contributed by atoms with E-state index in [0.29, 0.717) is 0 Å². The molecule has 0 aliphatic rings. The van der Waals surface area contributed by atoms with Crippen molar-refractivity contribution >= 4 is 21.6 Å². The van der Waals surface area contributed by atoms with Crippen molar-refractivity contribution in [1.29, 1.82) is 0 Å². The van der Waals surface area contributed by atoms with Crippen LogP contribution in [0.5, 0.6) is 0 Å². The molecular weight excluding hydrogens is 367 g/mol. The lowest BCUT2D eigenvalue weighted by molar-refractivity contribution is -0.120. The molecule has 2 aromatic rings. The Bertz CT molecular complexity index is 958. The Morgan fingerprint density at radius 1 is 1.11 bits per heavy atom. The highest BCUT2D eigenvalue weighted by molar-refractivity contribution is 7.92. The maximum atomic E-state index is 14.0. The van der Waals surface area contributed by atoms with E-state index < -0.39 is 28.3 Å². The number of rotatable bonds is 6. The van der Waals surface area contributed by atoms with Crippen LogP contribution in [0.3, 0.4) is 0 Å². The van der Waals surface area contributed by atoms with Crippen molar-refractivity contribution in [3.05, 3.63) is 64.5 Å². The van der Waals surface area contributed by atoms with Gasteiger partial charge >= 0.3 is 0 Å². The highest BCUT2D eigenvalue weighted by Crippen LogP contribution is 2.23. The van der Waals surface area contributed by atoms with E-state index in [1.807, 2.05) is 33.8 Å². The van der Waals surface area contributed by atoms with Crippen LogP contribution in [-0.2, 0) is 14.8 Å². The zero-order valence-corrected chi connectivity index (χ0v) is 17.0. The minimum atomic E-state index is -3.82. The Labute approximate surface area is 160 Å². The number of hydrogen-bond donors (Lipinski definition) is 1. The number of carbonyl (C=O) groups is 1. The van der Waals surface area contributed by atoms with Crippen LogP contribution in [0.1, 0.15) is 35.2 Å². The second kappa shape index (κ2) is 8.08. The molecule has 1 unspecified atom stereocenters. The molecule has 0 fully saturated rings. The molecular formula is C20H25FN2O3S. The summed E-state index contributed by atoms with van der Waals surface area (Å²) in [4.78, 5) is 12.5. The van der Waals surface area contributed by atoms with Crippen LogP contribution in [0.15, 0.2) is 36.4 Å². The van der Waals surface area contributed by atoms with Crippen molar-refractivity contribution in [3.8, 4) is 0 Å².